The molecule has 2 N–H and O–H groups in total. The first kappa shape index (κ1) is 11.2. The molecule has 78 valence electrons. The summed E-state index contributed by atoms with van der Waals surface area (Å²) in [6, 6.07) is 10.5. The Labute approximate surface area is 86.1 Å². The fraction of sp³-hybridized carbons (Fsp3) is 0.500. The predicted octanol–water partition coefficient (Wildman–Crippen LogP) is 1.84. The van der Waals surface area contributed by atoms with Crippen LogP contribution in [0.5, 0.6) is 0 Å². The van der Waals surface area contributed by atoms with Gasteiger partial charge in [0.15, 0.2) is 0 Å². The summed E-state index contributed by atoms with van der Waals surface area (Å²) < 4.78 is 5.08. The molecular formula is C12H19NO. The molecule has 0 saturated heterocycles. The van der Waals surface area contributed by atoms with Crippen LogP contribution in [0.2, 0.25) is 0 Å². The van der Waals surface area contributed by atoms with E-state index < -0.39 is 0 Å². The van der Waals surface area contributed by atoms with Gasteiger partial charge in [0, 0.05) is 13.2 Å². The second kappa shape index (κ2) is 5.78. The van der Waals surface area contributed by atoms with E-state index in [1.165, 1.54) is 5.56 Å². The quantitative estimate of drug-likeness (QED) is 0.774. The van der Waals surface area contributed by atoms with Crippen LogP contribution < -0.4 is 5.73 Å². The maximum atomic E-state index is 6.06. The van der Waals surface area contributed by atoms with E-state index in [0.29, 0.717) is 5.92 Å². The van der Waals surface area contributed by atoms with Crippen molar-refractivity contribution in [1.82, 2.24) is 0 Å². The molecule has 0 spiro atoms. The zero-order chi connectivity index (χ0) is 10.4. The van der Waals surface area contributed by atoms with Gasteiger partial charge in [0.2, 0.25) is 0 Å². The van der Waals surface area contributed by atoms with Gasteiger partial charge in [-0.25, -0.2) is 0 Å². The smallest absolute Gasteiger partial charge is 0.0502 e. The molecule has 0 aromatic heterocycles. The van der Waals surface area contributed by atoms with Crippen molar-refractivity contribution in [2.75, 3.05) is 13.7 Å². The highest BCUT2D eigenvalue weighted by molar-refractivity contribution is 5.15. The van der Waals surface area contributed by atoms with Gasteiger partial charge >= 0.3 is 0 Å². The number of nitrogens with two attached hydrogens (primary N) is 1. The van der Waals surface area contributed by atoms with Crippen molar-refractivity contribution >= 4 is 0 Å². The molecule has 2 atom stereocenters. The fourth-order valence-corrected chi connectivity index (χ4v) is 1.47. The zero-order valence-corrected chi connectivity index (χ0v) is 8.94. The molecule has 1 rings (SSSR count). The van der Waals surface area contributed by atoms with Crippen LogP contribution in [0.15, 0.2) is 30.3 Å². The van der Waals surface area contributed by atoms with E-state index in [-0.39, 0.29) is 6.04 Å². The van der Waals surface area contributed by atoms with Crippen LogP contribution in [-0.4, -0.2) is 19.8 Å². The third-order valence-electron chi connectivity index (χ3n) is 2.47. The number of ether oxygens (including phenoxy) is 1. The Kier molecular flexibility index (Phi) is 4.63. The number of benzene rings is 1. The molecule has 0 radical (unpaired) electrons. The highest BCUT2D eigenvalue weighted by atomic mass is 16.5. The summed E-state index contributed by atoms with van der Waals surface area (Å²) in [4.78, 5) is 0. The van der Waals surface area contributed by atoms with Gasteiger partial charge in [-0.1, -0.05) is 37.3 Å². The summed E-state index contributed by atoms with van der Waals surface area (Å²) in [5.41, 5.74) is 7.35. The lowest BCUT2D eigenvalue weighted by Gasteiger charge is -2.18. The molecule has 0 heterocycles. The second-order valence-electron chi connectivity index (χ2n) is 3.79. The van der Waals surface area contributed by atoms with E-state index in [4.69, 9.17) is 10.5 Å². The Balaban J connectivity index is 2.44. The molecule has 0 bridgehead atoms. The largest absolute Gasteiger partial charge is 0.384 e. The second-order valence-corrected chi connectivity index (χ2v) is 3.79. The molecule has 2 nitrogen and oxygen atoms in total. The molecule has 1 aromatic rings. The molecule has 0 saturated carbocycles. The summed E-state index contributed by atoms with van der Waals surface area (Å²) in [6.45, 7) is 2.85. The van der Waals surface area contributed by atoms with E-state index in [0.717, 1.165) is 13.0 Å². The fourth-order valence-electron chi connectivity index (χ4n) is 1.47. The minimum absolute atomic E-state index is 0.178. The van der Waals surface area contributed by atoms with Gasteiger partial charge in [-0.15, -0.1) is 0 Å². The lowest BCUT2D eigenvalue weighted by Crippen LogP contribution is -2.33. The van der Waals surface area contributed by atoms with Crippen molar-refractivity contribution in [1.29, 1.82) is 0 Å². The number of methoxy groups -OCH3 is 1. The van der Waals surface area contributed by atoms with Crippen LogP contribution >= 0.6 is 0 Å². The topological polar surface area (TPSA) is 35.2 Å². The van der Waals surface area contributed by atoms with Crippen molar-refractivity contribution in [2.24, 2.45) is 11.7 Å². The van der Waals surface area contributed by atoms with Crippen LogP contribution in [0.4, 0.5) is 0 Å². The van der Waals surface area contributed by atoms with Gasteiger partial charge < -0.3 is 10.5 Å². The van der Waals surface area contributed by atoms with Gasteiger partial charge in [-0.3, -0.25) is 0 Å². The summed E-state index contributed by atoms with van der Waals surface area (Å²) >= 11 is 0. The van der Waals surface area contributed by atoms with Crippen molar-refractivity contribution in [2.45, 2.75) is 19.4 Å². The Morgan fingerprint density at radius 1 is 1.29 bits per heavy atom. The SMILES string of the molecule is COCC(C)C(N)Cc1ccccc1. The number of hydrogen-bond acceptors (Lipinski definition) is 2. The van der Waals surface area contributed by atoms with E-state index in [1.807, 2.05) is 18.2 Å². The molecule has 2 unspecified atom stereocenters. The third-order valence-corrected chi connectivity index (χ3v) is 2.47. The van der Waals surface area contributed by atoms with Gasteiger partial charge in [0.25, 0.3) is 0 Å². The Morgan fingerprint density at radius 2 is 1.93 bits per heavy atom. The van der Waals surface area contributed by atoms with Crippen LogP contribution in [-0.2, 0) is 11.2 Å². The summed E-state index contributed by atoms with van der Waals surface area (Å²) in [5, 5.41) is 0. The minimum Gasteiger partial charge on any atom is -0.384 e. The molecular weight excluding hydrogens is 174 g/mol. The van der Waals surface area contributed by atoms with E-state index in [1.54, 1.807) is 7.11 Å². The van der Waals surface area contributed by atoms with E-state index in [2.05, 4.69) is 19.1 Å². The maximum absolute atomic E-state index is 6.06. The Bertz CT molecular complexity index is 248. The van der Waals surface area contributed by atoms with Crippen molar-refractivity contribution < 1.29 is 4.74 Å². The summed E-state index contributed by atoms with van der Waals surface area (Å²) in [7, 11) is 1.71. The monoisotopic (exact) mass is 193 g/mol. The zero-order valence-electron chi connectivity index (χ0n) is 8.94. The molecule has 0 amide bonds. The molecule has 14 heavy (non-hydrogen) atoms. The third kappa shape index (κ3) is 3.48. The minimum atomic E-state index is 0.178. The molecule has 2 heteroatoms. The highest BCUT2D eigenvalue weighted by Crippen LogP contribution is 2.08. The van der Waals surface area contributed by atoms with Crippen molar-refractivity contribution in [3.05, 3.63) is 35.9 Å². The van der Waals surface area contributed by atoms with Gasteiger partial charge in [-0.05, 0) is 17.9 Å². The first-order chi connectivity index (χ1) is 6.74. The Morgan fingerprint density at radius 3 is 2.50 bits per heavy atom. The molecule has 0 aliphatic heterocycles. The summed E-state index contributed by atoms with van der Waals surface area (Å²) in [5.74, 6) is 0.403. The van der Waals surface area contributed by atoms with Crippen molar-refractivity contribution in [3.8, 4) is 0 Å². The van der Waals surface area contributed by atoms with Crippen molar-refractivity contribution in [3.63, 3.8) is 0 Å². The molecule has 0 aliphatic carbocycles. The molecule has 0 fully saturated rings. The van der Waals surface area contributed by atoms with Crippen LogP contribution in [0.3, 0.4) is 0 Å². The Hall–Kier alpha value is -0.860. The average Bonchev–Trinajstić information content (AvgIpc) is 2.19. The van der Waals surface area contributed by atoms with Crippen LogP contribution in [0, 0.1) is 5.92 Å². The standard InChI is InChI=1S/C12H19NO/c1-10(9-14-2)12(13)8-11-6-4-3-5-7-11/h3-7,10,12H,8-9,13H2,1-2H3. The lowest BCUT2D eigenvalue weighted by molar-refractivity contribution is 0.147. The molecule has 1 aromatic carbocycles. The maximum Gasteiger partial charge on any atom is 0.0502 e. The van der Waals surface area contributed by atoms with Gasteiger partial charge in [0.1, 0.15) is 0 Å². The summed E-state index contributed by atoms with van der Waals surface area (Å²) in [6.07, 6.45) is 0.922. The normalized spacial score (nSPS) is 15.1. The average molecular weight is 193 g/mol. The first-order valence-electron chi connectivity index (χ1n) is 5.02. The van der Waals surface area contributed by atoms with Crippen LogP contribution in [0.1, 0.15) is 12.5 Å². The first-order valence-corrected chi connectivity index (χ1v) is 5.02. The predicted molar refractivity (Wildman–Crippen MR) is 59.2 cm³/mol. The number of hydrogen-bond donors (Lipinski definition) is 1. The van der Waals surface area contributed by atoms with E-state index in [9.17, 15) is 0 Å². The number of rotatable bonds is 5. The lowest BCUT2D eigenvalue weighted by atomic mass is 9.96. The van der Waals surface area contributed by atoms with Crippen LogP contribution in [0.25, 0.3) is 0 Å². The van der Waals surface area contributed by atoms with Gasteiger partial charge in [-0.2, -0.15) is 0 Å². The highest BCUT2D eigenvalue weighted by Gasteiger charge is 2.12. The van der Waals surface area contributed by atoms with Gasteiger partial charge in [0.05, 0.1) is 6.61 Å². The van der Waals surface area contributed by atoms with E-state index >= 15 is 0 Å². The molecule has 0 aliphatic rings.